The molecule has 0 aromatic heterocycles. The second-order valence-electron chi connectivity index (χ2n) is 6.62. The van der Waals surface area contributed by atoms with Gasteiger partial charge in [0.15, 0.2) is 5.78 Å². The van der Waals surface area contributed by atoms with E-state index in [-0.39, 0.29) is 30.0 Å². The summed E-state index contributed by atoms with van der Waals surface area (Å²) in [4.78, 5) is 35.9. The molecule has 0 radical (unpaired) electrons. The van der Waals surface area contributed by atoms with Crippen LogP contribution in [0.15, 0.2) is 12.2 Å². The van der Waals surface area contributed by atoms with Crippen LogP contribution in [0.25, 0.3) is 0 Å². The fraction of sp³-hybridized carbons (Fsp3) is 0.688. The lowest BCUT2D eigenvalue weighted by Crippen LogP contribution is -2.64. The molecule has 0 N–H and O–H groups in total. The maximum Gasteiger partial charge on any atom is 0.172 e. The first-order chi connectivity index (χ1) is 9.86. The number of Topliss-reactive ketones (excluding diaryl/α,β-unsaturated/α-hetero) is 2. The summed E-state index contributed by atoms with van der Waals surface area (Å²) in [6, 6.07) is 0. The molecule has 3 rings (SSSR count). The molecule has 1 saturated carbocycles. The topological polar surface area (TPSA) is 63.7 Å². The maximum atomic E-state index is 11.6. The molecule has 0 bridgehead atoms. The molecule has 1 unspecified atom stereocenters. The van der Waals surface area contributed by atoms with Crippen LogP contribution >= 0.6 is 0 Å². The molecular formula is C16H23NO4. The smallest absolute Gasteiger partial charge is 0.172 e. The lowest BCUT2D eigenvalue weighted by atomic mass is 9.70. The monoisotopic (exact) mass is 293 g/mol. The van der Waals surface area contributed by atoms with Crippen LogP contribution in [0.1, 0.15) is 26.2 Å². The van der Waals surface area contributed by atoms with Crippen molar-refractivity contribution in [3.05, 3.63) is 12.2 Å². The minimum atomic E-state index is -1.10. The molecule has 116 valence electrons. The first kappa shape index (κ1) is 16.0. The molecule has 2 aliphatic heterocycles. The first-order valence-electron chi connectivity index (χ1n) is 7.33. The minimum absolute atomic E-state index is 0.0465. The number of likely N-dealkylation sites (tertiary alicyclic amines) is 1. The number of carbonyl (C=O) groups excluding carboxylic acids is 3. The van der Waals surface area contributed by atoms with E-state index in [0.29, 0.717) is 18.1 Å². The molecule has 0 aromatic carbocycles. The van der Waals surface area contributed by atoms with Crippen LogP contribution in [0.4, 0.5) is 0 Å². The molecule has 0 aromatic rings. The van der Waals surface area contributed by atoms with E-state index < -0.39 is 5.41 Å². The van der Waals surface area contributed by atoms with E-state index in [2.05, 4.69) is 18.5 Å². The highest BCUT2D eigenvalue weighted by molar-refractivity contribution is 6.15. The highest BCUT2D eigenvalue weighted by Gasteiger charge is 2.47. The standard InChI is InChI=1S/C10H12O3.C6H11NO/c1-3-10(6-11)5-8(12)4-7(2)9(10)13;1-7-2-6(3-7)4-8-5-6/h6H,2-5H2,1H3;2-5H2,1H3. The van der Waals surface area contributed by atoms with Crippen LogP contribution in [-0.4, -0.2) is 56.1 Å². The maximum absolute atomic E-state index is 11.6. The van der Waals surface area contributed by atoms with Crippen LogP contribution in [0.2, 0.25) is 0 Å². The number of nitrogens with zero attached hydrogens (tertiary/aromatic N) is 1. The molecule has 2 saturated heterocycles. The molecule has 5 heteroatoms. The van der Waals surface area contributed by atoms with E-state index in [1.165, 1.54) is 13.1 Å². The van der Waals surface area contributed by atoms with Crippen molar-refractivity contribution in [1.29, 1.82) is 0 Å². The summed E-state index contributed by atoms with van der Waals surface area (Å²) in [7, 11) is 2.16. The highest BCUT2D eigenvalue weighted by Crippen LogP contribution is 2.36. The summed E-state index contributed by atoms with van der Waals surface area (Å²) >= 11 is 0. The summed E-state index contributed by atoms with van der Waals surface area (Å²) in [5, 5.41) is 0. The molecule has 0 amide bonds. The fourth-order valence-corrected chi connectivity index (χ4v) is 3.30. The van der Waals surface area contributed by atoms with Crippen molar-refractivity contribution in [3.63, 3.8) is 0 Å². The molecule has 21 heavy (non-hydrogen) atoms. The fourth-order valence-electron chi connectivity index (χ4n) is 3.30. The first-order valence-corrected chi connectivity index (χ1v) is 7.33. The van der Waals surface area contributed by atoms with Crippen molar-refractivity contribution < 1.29 is 19.1 Å². The van der Waals surface area contributed by atoms with Crippen molar-refractivity contribution >= 4 is 17.9 Å². The Labute approximate surface area is 125 Å². The van der Waals surface area contributed by atoms with Crippen molar-refractivity contribution in [2.45, 2.75) is 26.2 Å². The molecule has 5 nitrogen and oxygen atoms in total. The molecule has 2 heterocycles. The Kier molecular flexibility index (Phi) is 4.44. The molecule has 3 aliphatic rings. The van der Waals surface area contributed by atoms with Crippen LogP contribution in [0.3, 0.4) is 0 Å². The average molecular weight is 293 g/mol. The normalized spacial score (nSPS) is 31.0. The SMILES string of the molecule is C=C1CC(=O)CC(C=O)(CC)C1=O.CN1CC2(COC2)C1. The summed E-state index contributed by atoms with van der Waals surface area (Å²) in [6.45, 7) is 9.78. The molecule has 1 spiro atoms. The second-order valence-corrected chi connectivity index (χ2v) is 6.62. The van der Waals surface area contributed by atoms with E-state index in [4.69, 9.17) is 4.74 Å². The van der Waals surface area contributed by atoms with Gasteiger partial charge in [0, 0.05) is 31.3 Å². The van der Waals surface area contributed by atoms with Gasteiger partial charge in [-0.3, -0.25) is 9.59 Å². The Morgan fingerprint density at radius 3 is 2.29 bits per heavy atom. The predicted molar refractivity (Wildman–Crippen MR) is 77.9 cm³/mol. The lowest BCUT2D eigenvalue weighted by Gasteiger charge is -2.53. The molecular weight excluding hydrogens is 270 g/mol. The highest BCUT2D eigenvalue weighted by atomic mass is 16.5. The van der Waals surface area contributed by atoms with Gasteiger partial charge in [-0.05, 0) is 19.0 Å². The number of allylic oxidation sites excluding steroid dienone is 1. The summed E-state index contributed by atoms with van der Waals surface area (Å²) in [5.41, 5.74) is -0.216. The third kappa shape index (κ3) is 2.99. The van der Waals surface area contributed by atoms with Crippen molar-refractivity contribution in [1.82, 2.24) is 4.90 Å². The van der Waals surface area contributed by atoms with Gasteiger partial charge in [0.1, 0.15) is 12.1 Å². The van der Waals surface area contributed by atoms with E-state index >= 15 is 0 Å². The molecule has 1 aliphatic carbocycles. The summed E-state index contributed by atoms with van der Waals surface area (Å²) in [6.07, 6.45) is 1.12. The van der Waals surface area contributed by atoms with Crippen LogP contribution < -0.4 is 0 Å². The zero-order valence-corrected chi connectivity index (χ0v) is 12.8. The summed E-state index contributed by atoms with van der Waals surface area (Å²) in [5.74, 6) is -0.330. The van der Waals surface area contributed by atoms with Crippen LogP contribution in [-0.2, 0) is 19.1 Å². The third-order valence-electron chi connectivity index (χ3n) is 4.58. The largest absolute Gasteiger partial charge is 0.380 e. The Morgan fingerprint density at radius 1 is 1.33 bits per heavy atom. The predicted octanol–water partition coefficient (Wildman–Crippen LogP) is 1.02. The van der Waals surface area contributed by atoms with Gasteiger partial charge in [-0.2, -0.15) is 0 Å². The van der Waals surface area contributed by atoms with Gasteiger partial charge in [0.05, 0.1) is 18.6 Å². The molecule has 3 fully saturated rings. The lowest BCUT2D eigenvalue weighted by molar-refractivity contribution is -0.182. The number of aldehydes is 1. The van der Waals surface area contributed by atoms with Gasteiger partial charge in [0.25, 0.3) is 0 Å². The van der Waals surface area contributed by atoms with E-state index in [0.717, 1.165) is 13.2 Å². The quantitative estimate of drug-likeness (QED) is 0.432. The number of hydrogen-bond acceptors (Lipinski definition) is 5. The Morgan fingerprint density at radius 2 is 1.95 bits per heavy atom. The van der Waals surface area contributed by atoms with Crippen LogP contribution in [0.5, 0.6) is 0 Å². The van der Waals surface area contributed by atoms with Gasteiger partial charge < -0.3 is 14.4 Å². The van der Waals surface area contributed by atoms with Gasteiger partial charge in [-0.25, -0.2) is 0 Å². The van der Waals surface area contributed by atoms with Crippen molar-refractivity contribution in [2.75, 3.05) is 33.4 Å². The van der Waals surface area contributed by atoms with E-state index in [1.807, 2.05) is 0 Å². The Bertz CT molecular complexity index is 473. The Hall–Kier alpha value is -1.33. The molecule has 1 atom stereocenters. The zero-order chi connectivity index (χ0) is 15.7. The number of rotatable bonds is 2. The number of ether oxygens (including phenoxy) is 1. The number of hydrogen-bond donors (Lipinski definition) is 0. The average Bonchev–Trinajstić information content (AvgIpc) is 2.38. The van der Waals surface area contributed by atoms with E-state index in [9.17, 15) is 14.4 Å². The van der Waals surface area contributed by atoms with Crippen molar-refractivity contribution in [2.24, 2.45) is 10.8 Å². The van der Waals surface area contributed by atoms with Crippen molar-refractivity contribution in [3.8, 4) is 0 Å². The minimum Gasteiger partial charge on any atom is -0.380 e. The number of carbonyl (C=O) groups is 3. The van der Waals surface area contributed by atoms with Gasteiger partial charge in [0.2, 0.25) is 0 Å². The zero-order valence-electron chi connectivity index (χ0n) is 12.8. The second kappa shape index (κ2) is 5.81. The summed E-state index contributed by atoms with van der Waals surface area (Å²) < 4.78 is 5.10. The van der Waals surface area contributed by atoms with Gasteiger partial charge >= 0.3 is 0 Å². The van der Waals surface area contributed by atoms with Gasteiger partial charge in [-0.15, -0.1) is 0 Å². The van der Waals surface area contributed by atoms with E-state index in [1.54, 1.807) is 6.92 Å². The van der Waals surface area contributed by atoms with Gasteiger partial charge in [-0.1, -0.05) is 13.5 Å². The number of ketones is 2. The van der Waals surface area contributed by atoms with Crippen LogP contribution in [0, 0.1) is 10.8 Å². The Balaban J connectivity index is 0.000000170. The third-order valence-corrected chi connectivity index (χ3v) is 4.58.